The highest BCUT2D eigenvalue weighted by Gasteiger charge is 2.31. The number of hydrogen-bond donors (Lipinski definition) is 0. The number of nitrogens with zero attached hydrogens (tertiary/aromatic N) is 1. The average Bonchev–Trinajstić information content (AvgIpc) is 2.90. The predicted molar refractivity (Wildman–Crippen MR) is 120 cm³/mol. The maximum Gasteiger partial charge on any atom is 0.266 e. The highest BCUT2D eigenvalue weighted by molar-refractivity contribution is 9.10. The molecule has 1 saturated heterocycles. The van der Waals surface area contributed by atoms with Gasteiger partial charge in [-0.25, -0.2) is 4.39 Å². The largest absolute Gasteiger partial charge is 0.488 e. The zero-order chi connectivity index (χ0) is 20.3. The van der Waals surface area contributed by atoms with Crippen LogP contribution in [0.3, 0.4) is 0 Å². The Morgan fingerprint density at radius 3 is 2.86 bits per heavy atom. The van der Waals surface area contributed by atoms with E-state index in [0.29, 0.717) is 32.1 Å². The lowest BCUT2D eigenvalue weighted by molar-refractivity contribution is -0.122. The van der Waals surface area contributed by atoms with Crippen molar-refractivity contribution in [3.63, 3.8) is 0 Å². The van der Waals surface area contributed by atoms with Crippen LogP contribution in [0.1, 0.15) is 24.5 Å². The van der Waals surface area contributed by atoms with E-state index in [-0.39, 0.29) is 18.1 Å². The Balaban J connectivity index is 1.88. The molecule has 0 atom stereocenters. The van der Waals surface area contributed by atoms with Gasteiger partial charge >= 0.3 is 0 Å². The van der Waals surface area contributed by atoms with E-state index in [4.69, 9.17) is 28.6 Å². The summed E-state index contributed by atoms with van der Waals surface area (Å²) in [6, 6.07) is 9.92. The second-order valence-electron chi connectivity index (χ2n) is 6.00. The maximum absolute atomic E-state index is 14.0. The van der Waals surface area contributed by atoms with Gasteiger partial charge in [0.1, 0.15) is 22.5 Å². The van der Waals surface area contributed by atoms with E-state index in [0.717, 1.165) is 10.9 Å². The molecule has 1 fully saturated rings. The molecular weight excluding hydrogens is 485 g/mol. The number of hydrogen-bond acceptors (Lipinski definition) is 4. The van der Waals surface area contributed by atoms with Gasteiger partial charge in [-0.15, -0.1) is 0 Å². The molecule has 8 heteroatoms. The summed E-state index contributed by atoms with van der Waals surface area (Å²) in [5.74, 6) is -0.0187. The summed E-state index contributed by atoms with van der Waals surface area (Å²) in [4.78, 5) is 14.7. The summed E-state index contributed by atoms with van der Waals surface area (Å²) in [6.45, 7) is 2.57. The molecule has 146 valence electrons. The molecule has 2 aromatic carbocycles. The minimum atomic E-state index is -0.424. The quantitative estimate of drug-likeness (QED) is 0.337. The van der Waals surface area contributed by atoms with Gasteiger partial charge in [0, 0.05) is 22.1 Å². The summed E-state index contributed by atoms with van der Waals surface area (Å²) < 4.78 is 21.2. The van der Waals surface area contributed by atoms with Gasteiger partial charge in [0.15, 0.2) is 0 Å². The van der Waals surface area contributed by atoms with Crippen LogP contribution < -0.4 is 4.74 Å². The van der Waals surface area contributed by atoms with Gasteiger partial charge in [0.05, 0.1) is 9.93 Å². The normalized spacial score (nSPS) is 15.6. The lowest BCUT2D eigenvalue weighted by Crippen LogP contribution is -2.28. The third kappa shape index (κ3) is 4.76. The molecule has 0 aromatic heterocycles. The van der Waals surface area contributed by atoms with Gasteiger partial charge in [-0.3, -0.25) is 9.69 Å². The number of benzene rings is 2. The third-order valence-electron chi connectivity index (χ3n) is 4.01. The zero-order valence-electron chi connectivity index (χ0n) is 14.9. The van der Waals surface area contributed by atoms with Crippen molar-refractivity contribution in [2.24, 2.45) is 0 Å². The lowest BCUT2D eigenvalue weighted by atomic mass is 10.1. The van der Waals surface area contributed by atoms with Gasteiger partial charge in [0.25, 0.3) is 5.91 Å². The fourth-order valence-corrected chi connectivity index (χ4v) is 4.54. The van der Waals surface area contributed by atoms with E-state index in [9.17, 15) is 9.18 Å². The van der Waals surface area contributed by atoms with Crippen molar-refractivity contribution in [2.75, 3.05) is 6.54 Å². The Hall–Kier alpha value is -1.41. The number of carbonyl (C=O) groups is 1. The van der Waals surface area contributed by atoms with Gasteiger partial charge in [-0.1, -0.05) is 64.5 Å². The molecule has 1 aliphatic heterocycles. The highest BCUT2D eigenvalue weighted by Crippen LogP contribution is 2.35. The molecule has 2 aromatic rings. The highest BCUT2D eigenvalue weighted by atomic mass is 79.9. The van der Waals surface area contributed by atoms with Crippen molar-refractivity contribution >= 4 is 67.8 Å². The van der Waals surface area contributed by atoms with Crippen LogP contribution in [0, 0.1) is 5.82 Å². The SMILES string of the molecule is CCCN1C(=O)/C(=C\c2cc(Br)ccc2OCc2c(F)cccc2Cl)SC1=S. The number of halogens is 3. The minimum absolute atomic E-state index is 0.0230. The Kier molecular flexibility index (Phi) is 7.15. The van der Waals surface area contributed by atoms with Crippen molar-refractivity contribution in [3.05, 3.63) is 67.7 Å². The molecule has 0 spiro atoms. The van der Waals surface area contributed by atoms with Crippen LogP contribution in [-0.4, -0.2) is 21.7 Å². The summed E-state index contributed by atoms with van der Waals surface area (Å²) >= 11 is 16.1. The standard InChI is InChI=1S/C20H16BrClFNO2S2/c1-2-8-24-19(25)18(28-20(24)27)10-12-9-13(21)6-7-17(12)26-11-14-15(22)4-3-5-16(14)23/h3-7,9-10H,2,8,11H2,1H3/b18-10+. The van der Waals surface area contributed by atoms with Crippen molar-refractivity contribution in [1.82, 2.24) is 4.90 Å². The van der Waals surface area contributed by atoms with E-state index in [1.807, 2.05) is 19.1 Å². The number of ether oxygens (including phenoxy) is 1. The molecule has 0 aliphatic carbocycles. The first-order valence-electron chi connectivity index (χ1n) is 8.51. The molecule has 28 heavy (non-hydrogen) atoms. The first-order valence-corrected chi connectivity index (χ1v) is 10.9. The van der Waals surface area contributed by atoms with E-state index in [1.165, 1.54) is 17.8 Å². The fraction of sp³-hybridized carbons (Fsp3) is 0.200. The molecule has 1 aliphatic rings. The number of rotatable bonds is 6. The van der Waals surface area contributed by atoms with Gasteiger partial charge in [-0.05, 0) is 42.8 Å². The minimum Gasteiger partial charge on any atom is -0.488 e. The predicted octanol–water partition coefficient (Wildman–Crippen LogP) is 6.43. The Labute approximate surface area is 186 Å². The molecular formula is C20H16BrClFNO2S2. The molecule has 0 radical (unpaired) electrons. The Morgan fingerprint density at radius 2 is 2.14 bits per heavy atom. The van der Waals surface area contributed by atoms with Crippen molar-refractivity contribution < 1.29 is 13.9 Å². The van der Waals surface area contributed by atoms with Crippen LogP contribution in [0.4, 0.5) is 4.39 Å². The second kappa shape index (κ2) is 9.39. The lowest BCUT2D eigenvalue weighted by Gasteiger charge is -2.13. The molecule has 3 rings (SSSR count). The molecule has 1 amide bonds. The smallest absolute Gasteiger partial charge is 0.266 e. The molecule has 3 nitrogen and oxygen atoms in total. The molecule has 0 saturated carbocycles. The first-order chi connectivity index (χ1) is 13.4. The number of carbonyl (C=O) groups excluding carboxylic acids is 1. The molecule has 0 N–H and O–H groups in total. The summed E-state index contributed by atoms with van der Waals surface area (Å²) in [7, 11) is 0. The third-order valence-corrected chi connectivity index (χ3v) is 6.24. The van der Waals surface area contributed by atoms with Gasteiger partial charge < -0.3 is 4.74 Å². The molecule has 0 bridgehead atoms. The second-order valence-corrected chi connectivity index (χ2v) is 9.00. The van der Waals surface area contributed by atoms with E-state index < -0.39 is 5.82 Å². The summed E-state index contributed by atoms with van der Waals surface area (Å²) in [5, 5.41) is 0.305. The first kappa shape index (κ1) is 21.3. The molecule has 0 unspecified atom stereocenters. The van der Waals surface area contributed by atoms with Gasteiger partial charge in [0.2, 0.25) is 0 Å². The van der Waals surface area contributed by atoms with Crippen LogP contribution in [0.2, 0.25) is 5.02 Å². The van der Waals surface area contributed by atoms with Crippen molar-refractivity contribution in [1.29, 1.82) is 0 Å². The average molecular weight is 501 g/mol. The number of thioether (sulfide) groups is 1. The van der Waals surface area contributed by atoms with E-state index in [1.54, 1.807) is 29.2 Å². The van der Waals surface area contributed by atoms with Gasteiger partial charge in [-0.2, -0.15) is 0 Å². The summed E-state index contributed by atoms with van der Waals surface area (Å²) in [6.07, 6.45) is 2.58. The van der Waals surface area contributed by atoms with Crippen molar-refractivity contribution in [2.45, 2.75) is 20.0 Å². The zero-order valence-corrected chi connectivity index (χ0v) is 18.9. The van der Waals surface area contributed by atoms with Crippen molar-refractivity contribution in [3.8, 4) is 5.75 Å². The molecule has 1 heterocycles. The van der Waals surface area contributed by atoms with E-state index in [2.05, 4.69) is 15.9 Å². The summed E-state index contributed by atoms with van der Waals surface area (Å²) in [5.41, 5.74) is 0.978. The van der Waals surface area contributed by atoms with Crippen LogP contribution >= 0.6 is 51.5 Å². The van der Waals surface area contributed by atoms with E-state index >= 15 is 0 Å². The Morgan fingerprint density at radius 1 is 1.36 bits per heavy atom. The Bertz CT molecular complexity index is 947. The van der Waals surface area contributed by atoms with Crippen LogP contribution in [0.25, 0.3) is 6.08 Å². The van der Waals surface area contributed by atoms with Crippen LogP contribution in [0.15, 0.2) is 45.8 Å². The number of thiocarbonyl (C=S) groups is 1. The maximum atomic E-state index is 14.0. The fourth-order valence-electron chi connectivity index (χ4n) is 2.64. The monoisotopic (exact) mass is 499 g/mol. The van der Waals surface area contributed by atoms with Crippen LogP contribution in [0.5, 0.6) is 5.75 Å². The topological polar surface area (TPSA) is 29.5 Å². The van der Waals surface area contributed by atoms with Crippen LogP contribution in [-0.2, 0) is 11.4 Å². The number of amides is 1.